The van der Waals surface area contributed by atoms with Gasteiger partial charge < -0.3 is 4.98 Å². The van der Waals surface area contributed by atoms with Crippen LogP contribution >= 0.6 is 15.9 Å². The summed E-state index contributed by atoms with van der Waals surface area (Å²) >= 11 is 3.12. The number of rotatable bonds is 1. The number of aromatic nitrogens is 2. The predicted octanol–water partition coefficient (Wildman–Crippen LogP) is 2.82. The van der Waals surface area contributed by atoms with Crippen LogP contribution in [-0.4, -0.2) is 9.97 Å². The van der Waals surface area contributed by atoms with E-state index >= 15 is 0 Å². The number of hydrogen-bond acceptors (Lipinski definition) is 2. The van der Waals surface area contributed by atoms with E-state index in [2.05, 4.69) is 32.8 Å². The number of nitrogens with zero attached hydrogens (tertiary/aromatic N) is 1. The van der Waals surface area contributed by atoms with Gasteiger partial charge in [0.05, 0.1) is 0 Å². The van der Waals surface area contributed by atoms with Crippen molar-refractivity contribution in [2.75, 3.05) is 0 Å². The molecule has 0 aliphatic heterocycles. The molecule has 0 unspecified atom stereocenters. The van der Waals surface area contributed by atoms with Crippen LogP contribution in [0.1, 0.15) is 11.1 Å². The van der Waals surface area contributed by atoms with Crippen LogP contribution in [0.4, 0.5) is 0 Å². The summed E-state index contributed by atoms with van der Waals surface area (Å²) in [5.41, 5.74) is 3.17. The molecule has 1 heterocycles. The van der Waals surface area contributed by atoms with Crippen LogP contribution in [0.5, 0.6) is 0 Å². The molecular formula is C12H11BrN2O. The highest BCUT2D eigenvalue weighted by Gasteiger charge is 2.03. The van der Waals surface area contributed by atoms with E-state index in [9.17, 15) is 4.79 Å². The molecule has 0 atom stereocenters. The second-order valence-electron chi connectivity index (χ2n) is 3.71. The van der Waals surface area contributed by atoms with Crippen LogP contribution in [-0.2, 0) is 0 Å². The standard InChI is InChI=1S/C12H11BrN2O/c1-7-3-4-9(5-8(7)2)11-14-6-10(13)12(16)15-11/h3-6H,1-2H3,(H,14,15,16). The van der Waals surface area contributed by atoms with Crippen molar-refractivity contribution in [3.8, 4) is 11.4 Å². The fraction of sp³-hybridized carbons (Fsp3) is 0.167. The first-order valence-corrected chi connectivity index (χ1v) is 5.69. The minimum absolute atomic E-state index is 0.164. The average Bonchev–Trinajstić information content (AvgIpc) is 2.26. The molecule has 1 N–H and O–H groups in total. The molecule has 0 radical (unpaired) electrons. The normalized spacial score (nSPS) is 10.4. The molecule has 1 aromatic carbocycles. The number of nitrogens with one attached hydrogen (secondary N) is 1. The zero-order valence-electron chi connectivity index (χ0n) is 9.04. The Morgan fingerprint density at radius 1 is 1.25 bits per heavy atom. The van der Waals surface area contributed by atoms with E-state index in [0.29, 0.717) is 10.3 Å². The number of aromatic amines is 1. The van der Waals surface area contributed by atoms with Crippen molar-refractivity contribution >= 4 is 15.9 Å². The van der Waals surface area contributed by atoms with Crippen molar-refractivity contribution in [2.24, 2.45) is 0 Å². The Morgan fingerprint density at radius 2 is 2.00 bits per heavy atom. The van der Waals surface area contributed by atoms with E-state index in [1.165, 1.54) is 17.3 Å². The first-order chi connectivity index (χ1) is 7.58. The Hall–Kier alpha value is -1.42. The van der Waals surface area contributed by atoms with Crippen molar-refractivity contribution in [2.45, 2.75) is 13.8 Å². The highest BCUT2D eigenvalue weighted by atomic mass is 79.9. The molecule has 0 aliphatic carbocycles. The van der Waals surface area contributed by atoms with Gasteiger partial charge in [-0.05, 0) is 47.0 Å². The summed E-state index contributed by atoms with van der Waals surface area (Å²) in [6.07, 6.45) is 1.52. The Morgan fingerprint density at radius 3 is 2.62 bits per heavy atom. The maximum absolute atomic E-state index is 11.4. The average molecular weight is 279 g/mol. The van der Waals surface area contributed by atoms with E-state index in [-0.39, 0.29) is 5.56 Å². The number of halogens is 1. The Balaban J connectivity index is 2.55. The van der Waals surface area contributed by atoms with Crippen molar-refractivity contribution in [3.05, 3.63) is 50.3 Å². The van der Waals surface area contributed by atoms with E-state index in [1.54, 1.807) is 0 Å². The van der Waals surface area contributed by atoms with Crippen LogP contribution in [0, 0.1) is 13.8 Å². The molecule has 0 saturated carbocycles. The van der Waals surface area contributed by atoms with Gasteiger partial charge in [0.1, 0.15) is 10.3 Å². The third kappa shape index (κ3) is 2.07. The lowest BCUT2D eigenvalue weighted by molar-refractivity contribution is 1.11. The van der Waals surface area contributed by atoms with Crippen LogP contribution in [0.2, 0.25) is 0 Å². The quantitative estimate of drug-likeness (QED) is 0.872. The number of hydrogen-bond donors (Lipinski definition) is 1. The van der Waals surface area contributed by atoms with Crippen molar-refractivity contribution in [1.82, 2.24) is 9.97 Å². The molecule has 0 amide bonds. The molecule has 16 heavy (non-hydrogen) atoms. The van der Waals surface area contributed by atoms with Gasteiger partial charge in [-0.2, -0.15) is 0 Å². The van der Waals surface area contributed by atoms with E-state index in [1.807, 2.05) is 25.1 Å². The Bertz CT molecular complexity index is 590. The van der Waals surface area contributed by atoms with Gasteiger partial charge in [0, 0.05) is 11.8 Å². The highest BCUT2D eigenvalue weighted by Crippen LogP contribution is 2.18. The molecule has 4 heteroatoms. The third-order valence-corrected chi connectivity index (χ3v) is 3.10. The first kappa shape index (κ1) is 11.1. The highest BCUT2D eigenvalue weighted by molar-refractivity contribution is 9.10. The Kier molecular flexibility index (Phi) is 2.92. The maximum Gasteiger partial charge on any atom is 0.265 e. The zero-order valence-corrected chi connectivity index (χ0v) is 10.6. The zero-order chi connectivity index (χ0) is 11.7. The van der Waals surface area contributed by atoms with Crippen molar-refractivity contribution in [3.63, 3.8) is 0 Å². The molecule has 3 nitrogen and oxygen atoms in total. The summed E-state index contributed by atoms with van der Waals surface area (Å²) in [4.78, 5) is 18.3. The Labute approximate surface area is 102 Å². The SMILES string of the molecule is Cc1ccc(-c2ncc(Br)c(=O)[nH]2)cc1C. The van der Waals surface area contributed by atoms with E-state index in [4.69, 9.17) is 0 Å². The van der Waals surface area contributed by atoms with Crippen molar-refractivity contribution in [1.29, 1.82) is 0 Å². The fourth-order valence-corrected chi connectivity index (χ4v) is 1.62. The topological polar surface area (TPSA) is 45.8 Å². The van der Waals surface area contributed by atoms with Crippen LogP contribution in [0.15, 0.2) is 33.7 Å². The van der Waals surface area contributed by atoms with Crippen LogP contribution in [0.3, 0.4) is 0 Å². The first-order valence-electron chi connectivity index (χ1n) is 4.90. The molecule has 2 aromatic rings. The van der Waals surface area contributed by atoms with Gasteiger partial charge in [-0.1, -0.05) is 12.1 Å². The molecule has 0 saturated heterocycles. The van der Waals surface area contributed by atoms with E-state index < -0.39 is 0 Å². The largest absolute Gasteiger partial charge is 0.306 e. The van der Waals surface area contributed by atoms with Gasteiger partial charge in [-0.25, -0.2) is 4.98 Å². The summed E-state index contributed by atoms with van der Waals surface area (Å²) in [7, 11) is 0. The predicted molar refractivity (Wildman–Crippen MR) is 67.5 cm³/mol. The van der Waals surface area contributed by atoms with Crippen LogP contribution < -0.4 is 5.56 Å². The summed E-state index contributed by atoms with van der Waals surface area (Å²) < 4.78 is 0.445. The van der Waals surface area contributed by atoms with Gasteiger partial charge in [0.25, 0.3) is 5.56 Å². The molecule has 0 spiro atoms. The monoisotopic (exact) mass is 278 g/mol. The number of benzene rings is 1. The summed E-state index contributed by atoms with van der Waals surface area (Å²) in [6, 6.07) is 5.99. The molecule has 0 fully saturated rings. The molecule has 82 valence electrons. The maximum atomic E-state index is 11.4. The molecule has 0 bridgehead atoms. The summed E-state index contributed by atoms with van der Waals surface area (Å²) in [6.45, 7) is 4.09. The van der Waals surface area contributed by atoms with Crippen LogP contribution in [0.25, 0.3) is 11.4 Å². The smallest absolute Gasteiger partial charge is 0.265 e. The van der Waals surface area contributed by atoms with Gasteiger partial charge >= 0.3 is 0 Å². The number of H-pyrrole nitrogens is 1. The van der Waals surface area contributed by atoms with Gasteiger partial charge in [0.15, 0.2) is 0 Å². The lowest BCUT2D eigenvalue weighted by atomic mass is 10.1. The minimum atomic E-state index is -0.164. The lowest BCUT2D eigenvalue weighted by Gasteiger charge is -2.04. The van der Waals surface area contributed by atoms with Crippen molar-refractivity contribution < 1.29 is 0 Å². The summed E-state index contributed by atoms with van der Waals surface area (Å²) in [5.74, 6) is 0.594. The molecular weight excluding hydrogens is 268 g/mol. The van der Waals surface area contributed by atoms with Gasteiger partial charge in [-0.15, -0.1) is 0 Å². The third-order valence-electron chi connectivity index (χ3n) is 2.54. The second kappa shape index (κ2) is 4.22. The fourth-order valence-electron chi connectivity index (χ4n) is 1.41. The molecule has 2 rings (SSSR count). The summed E-state index contributed by atoms with van der Waals surface area (Å²) in [5, 5.41) is 0. The second-order valence-corrected chi connectivity index (χ2v) is 4.56. The molecule has 0 aliphatic rings. The molecule has 1 aromatic heterocycles. The minimum Gasteiger partial charge on any atom is -0.306 e. The van der Waals surface area contributed by atoms with Gasteiger partial charge in [-0.3, -0.25) is 4.79 Å². The number of aryl methyl sites for hydroxylation is 2. The van der Waals surface area contributed by atoms with E-state index in [0.717, 1.165) is 5.56 Å². The lowest BCUT2D eigenvalue weighted by Crippen LogP contribution is -2.08. The van der Waals surface area contributed by atoms with Gasteiger partial charge in [0.2, 0.25) is 0 Å².